The Hall–Kier alpha value is -2.09. The first-order valence-electron chi connectivity index (χ1n) is 7.98. The Morgan fingerprint density at radius 3 is 2.96 bits per heavy atom. The molecule has 1 aliphatic rings. The summed E-state index contributed by atoms with van der Waals surface area (Å²) in [7, 11) is 1.82. The van der Waals surface area contributed by atoms with Gasteiger partial charge in [0, 0.05) is 37.9 Å². The van der Waals surface area contributed by atoms with Gasteiger partial charge in [0.1, 0.15) is 11.5 Å². The van der Waals surface area contributed by atoms with Gasteiger partial charge in [-0.05, 0) is 26.0 Å². The molecule has 8 heteroatoms. The fourth-order valence-electron chi connectivity index (χ4n) is 2.92. The first-order chi connectivity index (χ1) is 11.6. The lowest BCUT2D eigenvalue weighted by molar-refractivity contribution is 0.0925. The van der Waals surface area contributed by atoms with E-state index < -0.39 is 0 Å². The lowest BCUT2D eigenvalue weighted by Gasteiger charge is -2.34. The fraction of sp³-hybridized carbons (Fsp3) is 0.500. The average Bonchev–Trinajstić information content (AvgIpc) is 3.00. The number of piperidine rings is 1. The maximum absolute atomic E-state index is 12.4. The van der Waals surface area contributed by atoms with Crippen molar-refractivity contribution < 1.29 is 4.79 Å². The Balaban J connectivity index is 1.69. The Bertz CT molecular complexity index is 731. The lowest BCUT2D eigenvalue weighted by Crippen LogP contribution is -2.48. The van der Waals surface area contributed by atoms with E-state index in [2.05, 4.69) is 25.2 Å². The van der Waals surface area contributed by atoms with E-state index in [1.54, 1.807) is 28.9 Å². The predicted molar refractivity (Wildman–Crippen MR) is 94.5 cm³/mol. The zero-order valence-corrected chi connectivity index (χ0v) is 15.0. The maximum atomic E-state index is 12.4. The van der Waals surface area contributed by atoms with Crippen LogP contribution in [-0.4, -0.2) is 50.8 Å². The number of thioether (sulfide) groups is 1. The highest BCUT2D eigenvalue weighted by Gasteiger charge is 2.24. The highest BCUT2D eigenvalue weighted by Crippen LogP contribution is 2.21. The molecule has 1 amide bonds. The number of aryl methyl sites for hydroxylation is 2. The zero-order valence-electron chi connectivity index (χ0n) is 14.2. The van der Waals surface area contributed by atoms with Gasteiger partial charge in [0.25, 0.3) is 5.91 Å². The molecule has 0 spiro atoms. The quantitative estimate of drug-likeness (QED) is 0.670. The van der Waals surface area contributed by atoms with Crippen LogP contribution in [0.15, 0.2) is 23.7 Å². The van der Waals surface area contributed by atoms with Crippen LogP contribution in [0.2, 0.25) is 0 Å². The molecule has 0 aliphatic carbocycles. The van der Waals surface area contributed by atoms with Crippen LogP contribution in [-0.2, 0) is 7.05 Å². The standard InChI is InChI=1S/C16H22N6OS/c1-11-7-14(20-16(18-11)24-3)22-6-4-5-12(9-22)19-15(23)13-8-17-10-21(13)2/h7-8,10,12H,4-6,9H2,1-3H3,(H,19,23). The van der Waals surface area contributed by atoms with Crippen LogP contribution < -0.4 is 10.2 Å². The third kappa shape index (κ3) is 3.69. The smallest absolute Gasteiger partial charge is 0.269 e. The highest BCUT2D eigenvalue weighted by atomic mass is 32.2. The van der Waals surface area contributed by atoms with Gasteiger partial charge in [-0.1, -0.05) is 11.8 Å². The van der Waals surface area contributed by atoms with E-state index in [1.165, 1.54) is 0 Å². The third-order valence-electron chi connectivity index (χ3n) is 4.13. The molecule has 0 bridgehead atoms. The summed E-state index contributed by atoms with van der Waals surface area (Å²) >= 11 is 1.54. The van der Waals surface area contributed by atoms with E-state index in [4.69, 9.17) is 0 Å². The van der Waals surface area contributed by atoms with Crippen molar-refractivity contribution in [3.05, 3.63) is 30.0 Å². The van der Waals surface area contributed by atoms with Crippen LogP contribution in [0.1, 0.15) is 29.0 Å². The maximum Gasteiger partial charge on any atom is 0.269 e. The molecule has 1 N–H and O–H groups in total. The fourth-order valence-corrected chi connectivity index (χ4v) is 3.34. The van der Waals surface area contributed by atoms with Gasteiger partial charge in [0.05, 0.1) is 12.5 Å². The number of anilines is 1. The number of carbonyl (C=O) groups excluding carboxylic acids is 1. The van der Waals surface area contributed by atoms with Crippen LogP contribution in [0.5, 0.6) is 0 Å². The molecule has 1 atom stereocenters. The Morgan fingerprint density at radius 1 is 1.42 bits per heavy atom. The Morgan fingerprint density at radius 2 is 2.25 bits per heavy atom. The van der Waals surface area contributed by atoms with Crippen molar-refractivity contribution in [2.45, 2.75) is 31.0 Å². The Labute approximate surface area is 145 Å². The number of nitrogens with one attached hydrogen (secondary N) is 1. The molecule has 24 heavy (non-hydrogen) atoms. The number of aromatic nitrogens is 4. The molecule has 2 aromatic heterocycles. The van der Waals surface area contributed by atoms with Gasteiger partial charge in [-0.15, -0.1) is 0 Å². The van der Waals surface area contributed by atoms with Crippen molar-refractivity contribution in [2.75, 3.05) is 24.2 Å². The molecule has 1 fully saturated rings. The van der Waals surface area contributed by atoms with Crippen molar-refractivity contribution in [3.63, 3.8) is 0 Å². The number of imidazole rings is 1. The summed E-state index contributed by atoms with van der Waals surface area (Å²) < 4.78 is 1.73. The van der Waals surface area contributed by atoms with Gasteiger partial charge in [-0.25, -0.2) is 15.0 Å². The monoisotopic (exact) mass is 346 g/mol. The van der Waals surface area contributed by atoms with Crippen molar-refractivity contribution in [3.8, 4) is 0 Å². The second kappa shape index (κ2) is 7.21. The van der Waals surface area contributed by atoms with Gasteiger partial charge in [-0.3, -0.25) is 4.79 Å². The van der Waals surface area contributed by atoms with E-state index in [0.717, 1.165) is 42.6 Å². The number of rotatable bonds is 4. The minimum absolute atomic E-state index is 0.0782. The predicted octanol–water partition coefficient (Wildman–Crippen LogP) is 1.64. The molecular formula is C16H22N6OS. The summed E-state index contributed by atoms with van der Waals surface area (Å²) in [5.41, 5.74) is 1.54. The van der Waals surface area contributed by atoms with E-state index in [1.807, 2.05) is 26.3 Å². The van der Waals surface area contributed by atoms with Crippen molar-refractivity contribution in [1.82, 2.24) is 24.8 Å². The molecule has 3 heterocycles. The van der Waals surface area contributed by atoms with Crippen LogP contribution >= 0.6 is 11.8 Å². The van der Waals surface area contributed by atoms with Crippen LogP contribution in [0, 0.1) is 6.92 Å². The first kappa shape index (κ1) is 16.8. The summed E-state index contributed by atoms with van der Waals surface area (Å²) in [6.07, 6.45) is 7.20. The number of hydrogen-bond acceptors (Lipinski definition) is 6. The van der Waals surface area contributed by atoms with Crippen molar-refractivity contribution >= 4 is 23.5 Å². The number of amides is 1. The third-order valence-corrected chi connectivity index (χ3v) is 4.68. The minimum atomic E-state index is -0.0782. The molecule has 0 aromatic carbocycles. The van der Waals surface area contributed by atoms with Crippen molar-refractivity contribution in [2.24, 2.45) is 7.05 Å². The van der Waals surface area contributed by atoms with E-state index in [-0.39, 0.29) is 11.9 Å². The molecule has 7 nitrogen and oxygen atoms in total. The number of nitrogens with zero attached hydrogens (tertiary/aromatic N) is 5. The van der Waals surface area contributed by atoms with E-state index in [9.17, 15) is 4.79 Å². The summed E-state index contributed by atoms with van der Waals surface area (Å²) in [6.45, 7) is 3.69. The average molecular weight is 346 g/mol. The molecule has 1 unspecified atom stereocenters. The summed E-state index contributed by atoms with van der Waals surface area (Å²) in [4.78, 5) is 27.6. The SMILES string of the molecule is CSc1nc(C)cc(N2CCCC(NC(=O)c3cncn3C)C2)n1. The summed E-state index contributed by atoms with van der Waals surface area (Å²) in [5, 5.41) is 3.90. The summed E-state index contributed by atoms with van der Waals surface area (Å²) in [6, 6.07) is 2.11. The van der Waals surface area contributed by atoms with Gasteiger partial charge in [0.15, 0.2) is 5.16 Å². The van der Waals surface area contributed by atoms with Crippen molar-refractivity contribution in [1.29, 1.82) is 0 Å². The Kier molecular flexibility index (Phi) is 5.03. The lowest BCUT2D eigenvalue weighted by atomic mass is 10.1. The highest BCUT2D eigenvalue weighted by molar-refractivity contribution is 7.98. The van der Waals surface area contributed by atoms with Crippen LogP contribution in [0.4, 0.5) is 5.82 Å². The largest absolute Gasteiger partial charge is 0.354 e. The number of hydrogen-bond donors (Lipinski definition) is 1. The molecule has 1 aliphatic heterocycles. The molecule has 2 aromatic rings. The van der Waals surface area contributed by atoms with Gasteiger partial charge >= 0.3 is 0 Å². The molecule has 128 valence electrons. The molecule has 0 saturated carbocycles. The minimum Gasteiger partial charge on any atom is -0.354 e. The normalized spacial score (nSPS) is 17.8. The van der Waals surface area contributed by atoms with Gasteiger partial charge in [-0.2, -0.15) is 0 Å². The van der Waals surface area contributed by atoms with E-state index >= 15 is 0 Å². The van der Waals surface area contributed by atoms with Gasteiger partial charge in [0.2, 0.25) is 0 Å². The second-order valence-electron chi connectivity index (χ2n) is 6.00. The second-order valence-corrected chi connectivity index (χ2v) is 6.78. The van der Waals surface area contributed by atoms with Crippen LogP contribution in [0.25, 0.3) is 0 Å². The van der Waals surface area contributed by atoms with E-state index in [0.29, 0.717) is 5.69 Å². The number of carbonyl (C=O) groups is 1. The summed E-state index contributed by atoms with van der Waals surface area (Å²) in [5.74, 6) is 0.858. The zero-order chi connectivity index (χ0) is 17.1. The topological polar surface area (TPSA) is 75.9 Å². The molecule has 3 rings (SSSR count). The molecular weight excluding hydrogens is 324 g/mol. The molecule has 1 saturated heterocycles. The molecule has 0 radical (unpaired) electrons. The first-order valence-corrected chi connectivity index (χ1v) is 9.21. The van der Waals surface area contributed by atoms with Gasteiger partial charge < -0.3 is 14.8 Å². The van der Waals surface area contributed by atoms with Crippen LogP contribution in [0.3, 0.4) is 0 Å².